The van der Waals surface area contributed by atoms with E-state index in [0.29, 0.717) is 6.54 Å². The number of aliphatic imine (C=N–C) groups is 1. The molecule has 0 saturated heterocycles. The smallest absolute Gasteiger partial charge is 0.211 e. The number of hydrogen-bond acceptors (Lipinski definition) is 2. The molecule has 0 rings (SSSR count). The van der Waals surface area contributed by atoms with Crippen LogP contribution in [0.5, 0.6) is 0 Å². The van der Waals surface area contributed by atoms with Gasteiger partial charge in [0.15, 0.2) is 0 Å². The van der Waals surface area contributed by atoms with Crippen molar-refractivity contribution < 1.29 is 42.5 Å². The Morgan fingerprint density at radius 2 is 2.33 bits per heavy atom. The van der Waals surface area contributed by atoms with Gasteiger partial charge in [-0.3, -0.25) is 0 Å². The summed E-state index contributed by atoms with van der Waals surface area (Å²) in [4.78, 5) is 12.3. The predicted octanol–water partition coefficient (Wildman–Crippen LogP) is 0.342. The van der Waals surface area contributed by atoms with Gasteiger partial charge in [-0.15, -0.1) is 0 Å². The van der Waals surface area contributed by atoms with E-state index in [1.165, 1.54) is 6.08 Å². The Balaban J connectivity index is 0. The van der Waals surface area contributed by atoms with Gasteiger partial charge in [0.2, 0.25) is 6.08 Å². The van der Waals surface area contributed by atoms with E-state index in [4.69, 9.17) is 4.79 Å². The van der Waals surface area contributed by atoms with E-state index < -0.39 is 0 Å². The van der Waals surface area contributed by atoms with Crippen molar-refractivity contribution in [2.24, 2.45) is 4.99 Å². The first-order valence-electron chi connectivity index (χ1n) is 1.45. The van der Waals surface area contributed by atoms with Crippen molar-refractivity contribution in [2.75, 3.05) is 6.54 Å². The molecule has 3 heteroatoms. The van der Waals surface area contributed by atoms with Gasteiger partial charge in [-0.25, -0.2) is 9.79 Å². The van der Waals surface area contributed by atoms with E-state index in [1.54, 1.807) is 6.92 Å². The molecule has 2 nitrogen and oxygen atoms in total. The van der Waals surface area contributed by atoms with E-state index >= 15 is 0 Å². The van der Waals surface area contributed by atoms with Crippen LogP contribution in [-0.4, -0.2) is 12.6 Å². The first-order valence-corrected chi connectivity index (χ1v) is 1.45. The number of hydrogen-bond donors (Lipinski definition) is 0. The molecule has 0 aliphatic rings. The SMILES string of the molecule is CCN=C=O.[Ar]. The Morgan fingerprint density at radius 1 is 1.83 bits per heavy atom. The molecule has 0 atom stereocenters. The zero-order valence-corrected chi connectivity index (χ0v) is 4.12. The fourth-order valence-electron chi connectivity index (χ4n) is 0.0645. The van der Waals surface area contributed by atoms with Gasteiger partial charge in [-0.1, -0.05) is 0 Å². The summed E-state index contributed by atoms with van der Waals surface area (Å²) in [5.74, 6) is 0. The van der Waals surface area contributed by atoms with Gasteiger partial charge in [-0.05, 0) is 6.92 Å². The molecule has 0 aliphatic carbocycles. The quantitative estimate of drug-likeness (QED) is 0.354. The number of rotatable bonds is 1. The molecule has 0 aromatic rings. The van der Waals surface area contributed by atoms with Crippen molar-refractivity contribution in [3.63, 3.8) is 0 Å². The Hall–Kier alpha value is 0.640. The summed E-state index contributed by atoms with van der Waals surface area (Å²) >= 11 is 0. The van der Waals surface area contributed by atoms with Crippen LogP contribution in [-0.2, 0) is 4.79 Å². The minimum atomic E-state index is 0. The molecule has 0 radical (unpaired) electrons. The summed E-state index contributed by atoms with van der Waals surface area (Å²) in [6.45, 7) is 2.33. The van der Waals surface area contributed by atoms with E-state index in [1.807, 2.05) is 0 Å². The molecule has 0 saturated carbocycles. The summed E-state index contributed by atoms with van der Waals surface area (Å²) < 4.78 is 0. The molecule has 0 N–H and O–H groups in total. The van der Waals surface area contributed by atoms with Crippen LogP contribution in [0.25, 0.3) is 0 Å². The van der Waals surface area contributed by atoms with Crippen LogP contribution in [0.3, 0.4) is 0 Å². The second-order valence-corrected chi connectivity index (χ2v) is 0.566. The van der Waals surface area contributed by atoms with Crippen molar-refractivity contribution in [1.82, 2.24) is 0 Å². The summed E-state index contributed by atoms with van der Waals surface area (Å²) in [6.07, 6.45) is 1.39. The zero-order valence-electron chi connectivity index (χ0n) is 3.42. The Kier molecular flexibility index (Phi) is 15.0. The summed E-state index contributed by atoms with van der Waals surface area (Å²) in [5, 5.41) is 0. The van der Waals surface area contributed by atoms with Crippen LogP contribution >= 0.6 is 0 Å². The first kappa shape index (κ1) is 9.81. The number of isocyanates is 1. The molecule has 6 heavy (non-hydrogen) atoms. The first-order chi connectivity index (χ1) is 2.41. The Labute approximate surface area is 66.6 Å². The predicted molar refractivity (Wildman–Crippen MR) is 18.7 cm³/mol. The average molecular weight is 111 g/mol. The van der Waals surface area contributed by atoms with Crippen LogP contribution in [0.1, 0.15) is 6.92 Å². The third-order valence-corrected chi connectivity index (χ3v) is 0.223. The normalized spacial score (nSPS) is 4.83. The average Bonchev–Trinajstić information content (AvgIpc) is 1.41. The summed E-state index contributed by atoms with van der Waals surface area (Å²) in [6, 6.07) is 0. The monoisotopic (exact) mass is 111 g/mol. The topological polar surface area (TPSA) is 29.4 Å². The molecule has 0 aliphatic heterocycles. The maximum atomic E-state index is 9.11. The fourth-order valence-corrected chi connectivity index (χ4v) is 0.0645. The van der Waals surface area contributed by atoms with Crippen LogP contribution in [0.15, 0.2) is 4.99 Å². The van der Waals surface area contributed by atoms with Gasteiger partial charge in [0.1, 0.15) is 0 Å². The Morgan fingerprint density at radius 3 is 2.33 bits per heavy atom. The van der Waals surface area contributed by atoms with Gasteiger partial charge in [0.25, 0.3) is 0 Å². The minimum Gasteiger partial charge on any atom is -0.211 e. The molecule has 0 aromatic heterocycles. The van der Waals surface area contributed by atoms with Crippen molar-refractivity contribution in [3.8, 4) is 0 Å². The van der Waals surface area contributed by atoms with Crippen molar-refractivity contribution >= 4 is 6.08 Å². The second kappa shape index (κ2) is 9.16. The molecule has 0 unspecified atom stereocenters. The molecular weight excluding hydrogens is 106 g/mol. The second-order valence-electron chi connectivity index (χ2n) is 0.566. The maximum Gasteiger partial charge on any atom is 0.234 e. The molecule has 0 heterocycles. The fraction of sp³-hybridized carbons (Fsp3) is 0.667. The van der Waals surface area contributed by atoms with Crippen LogP contribution < -0.4 is 0 Å². The molecule has 0 amide bonds. The third kappa shape index (κ3) is 8.82. The van der Waals surface area contributed by atoms with Gasteiger partial charge in [-0.2, -0.15) is 0 Å². The van der Waals surface area contributed by atoms with Gasteiger partial charge in [0, 0.05) is 44.3 Å². The van der Waals surface area contributed by atoms with Crippen LogP contribution in [0, 0.1) is 37.7 Å². The van der Waals surface area contributed by atoms with Crippen LogP contribution in [0.2, 0.25) is 0 Å². The van der Waals surface area contributed by atoms with Crippen molar-refractivity contribution in [2.45, 2.75) is 6.92 Å². The van der Waals surface area contributed by atoms with Gasteiger partial charge in [0.05, 0.1) is 0 Å². The van der Waals surface area contributed by atoms with E-state index in [2.05, 4.69) is 4.99 Å². The number of nitrogens with zero attached hydrogens (tertiary/aromatic N) is 1. The van der Waals surface area contributed by atoms with Gasteiger partial charge < -0.3 is 0 Å². The number of carbonyl (C=O) groups excluding carboxylic acids is 1. The van der Waals surface area contributed by atoms with E-state index in [-0.39, 0.29) is 37.7 Å². The summed E-state index contributed by atoms with van der Waals surface area (Å²) in [5.41, 5.74) is 0. The summed E-state index contributed by atoms with van der Waals surface area (Å²) in [7, 11) is 0. The zero-order chi connectivity index (χ0) is 4.12. The standard InChI is InChI=1S/C3H5NO.Ar/c1-2-4-3-5;/h2H2,1H3;. The largest absolute Gasteiger partial charge is 0.234 e. The van der Waals surface area contributed by atoms with E-state index in [9.17, 15) is 0 Å². The molecule has 36 valence electrons. The van der Waals surface area contributed by atoms with Crippen LogP contribution in [0.4, 0.5) is 0 Å². The Bertz CT molecular complexity index is 57.8. The van der Waals surface area contributed by atoms with E-state index in [0.717, 1.165) is 0 Å². The molecular formula is C3H5ArNO. The molecule has 0 fully saturated rings. The van der Waals surface area contributed by atoms with Crippen molar-refractivity contribution in [1.29, 1.82) is 0 Å². The third-order valence-electron chi connectivity index (χ3n) is 0.223. The maximum absolute atomic E-state index is 9.11. The molecule has 0 bridgehead atoms. The van der Waals surface area contributed by atoms with Crippen molar-refractivity contribution in [3.05, 3.63) is 0 Å². The molecule has 0 aromatic carbocycles. The van der Waals surface area contributed by atoms with Gasteiger partial charge >= 0.3 is 0 Å². The molecule has 0 spiro atoms. The minimum absolute atomic E-state index is 0.